The molecular formula is C25H22Cl2N4O2S2. The van der Waals surface area contributed by atoms with E-state index in [0.29, 0.717) is 38.4 Å². The van der Waals surface area contributed by atoms with Gasteiger partial charge in [0.1, 0.15) is 28.3 Å². The Morgan fingerprint density at radius 3 is 2.54 bits per heavy atom. The summed E-state index contributed by atoms with van der Waals surface area (Å²) in [5.41, 5.74) is 4.55. The van der Waals surface area contributed by atoms with Gasteiger partial charge in [0.05, 0.1) is 18.2 Å². The van der Waals surface area contributed by atoms with Crippen LogP contribution in [0.25, 0.3) is 5.57 Å². The Balaban J connectivity index is 1.50. The highest BCUT2D eigenvalue weighted by Crippen LogP contribution is 2.40. The maximum atomic E-state index is 10.1. The van der Waals surface area contributed by atoms with Crippen LogP contribution < -0.4 is 15.4 Å². The summed E-state index contributed by atoms with van der Waals surface area (Å²) in [7, 11) is 0. The van der Waals surface area contributed by atoms with Crippen LogP contribution in [0.3, 0.4) is 0 Å². The van der Waals surface area contributed by atoms with Gasteiger partial charge in [-0.2, -0.15) is 5.26 Å². The van der Waals surface area contributed by atoms with Crippen LogP contribution in [0, 0.1) is 16.7 Å². The van der Waals surface area contributed by atoms with E-state index in [9.17, 15) is 5.26 Å². The topological polar surface area (TPSA) is 101 Å². The molecule has 2 unspecified atom stereocenters. The van der Waals surface area contributed by atoms with E-state index >= 15 is 0 Å². The minimum absolute atomic E-state index is 0.0728. The molecular weight excluding hydrogens is 523 g/mol. The van der Waals surface area contributed by atoms with Gasteiger partial charge in [0.15, 0.2) is 0 Å². The molecule has 0 amide bonds. The van der Waals surface area contributed by atoms with Gasteiger partial charge in [0, 0.05) is 33.8 Å². The molecule has 2 atom stereocenters. The number of benzene rings is 2. The number of dihydropyridines is 1. The number of nitriles is 1. The number of rotatable bonds is 9. The zero-order chi connectivity index (χ0) is 24.8. The first-order valence-electron chi connectivity index (χ1n) is 10.7. The minimum Gasteiger partial charge on any atom is -0.491 e. The molecule has 35 heavy (non-hydrogen) atoms. The van der Waals surface area contributed by atoms with Crippen LogP contribution in [-0.4, -0.2) is 35.7 Å². The molecule has 180 valence electrons. The standard InChI is InChI=1S/C25H22Cl2N4O2S2/c26-17-5-1-16(2-6-17)24-30-18(13-34-24)14-35-25-21(12-29)22(20(11-28)23(27)31-25)15-3-7-19(8-4-15)33-10-9-32/h1-8,11,13,24-25,28,30-32H,9-10,14H2. The Bertz CT molecular complexity index is 1220. The first-order chi connectivity index (χ1) is 17.0. The van der Waals surface area contributed by atoms with Gasteiger partial charge < -0.3 is 25.9 Å². The summed E-state index contributed by atoms with van der Waals surface area (Å²) in [6.45, 7) is 0.128. The second-order valence-corrected chi connectivity index (χ2v) is 10.4. The first-order valence-corrected chi connectivity index (χ1v) is 13.4. The van der Waals surface area contributed by atoms with Crippen molar-refractivity contribution >= 4 is 58.5 Å². The number of hydrogen-bond donors (Lipinski definition) is 4. The molecule has 0 fully saturated rings. The predicted molar refractivity (Wildman–Crippen MR) is 146 cm³/mol. The van der Waals surface area contributed by atoms with Crippen molar-refractivity contribution < 1.29 is 9.84 Å². The average molecular weight is 546 g/mol. The molecule has 0 bridgehead atoms. The molecule has 2 aliphatic heterocycles. The van der Waals surface area contributed by atoms with E-state index in [-0.39, 0.29) is 24.0 Å². The van der Waals surface area contributed by atoms with Crippen molar-refractivity contribution in [2.45, 2.75) is 10.7 Å². The summed E-state index contributed by atoms with van der Waals surface area (Å²) < 4.78 is 5.44. The summed E-state index contributed by atoms with van der Waals surface area (Å²) in [5, 5.41) is 36.5. The lowest BCUT2D eigenvalue weighted by atomic mass is 9.92. The first kappa shape index (κ1) is 25.5. The molecule has 4 N–H and O–H groups in total. The Morgan fingerprint density at radius 2 is 1.89 bits per heavy atom. The number of ether oxygens (including phenoxy) is 1. The van der Waals surface area contributed by atoms with Crippen molar-refractivity contribution in [2.24, 2.45) is 0 Å². The predicted octanol–water partition coefficient (Wildman–Crippen LogP) is 5.63. The van der Waals surface area contributed by atoms with E-state index < -0.39 is 0 Å². The lowest BCUT2D eigenvalue weighted by Gasteiger charge is -2.28. The van der Waals surface area contributed by atoms with Gasteiger partial charge in [0.2, 0.25) is 0 Å². The van der Waals surface area contributed by atoms with Crippen molar-refractivity contribution in [2.75, 3.05) is 19.0 Å². The van der Waals surface area contributed by atoms with Gasteiger partial charge in [-0.05, 0) is 40.8 Å². The minimum atomic E-state index is -0.376. The zero-order valence-corrected chi connectivity index (χ0v) is 21.6. The Kier molecular flexibility index (Phi) is 8.71. The summed E-state index contributed by atoms with van der Waals surface area (Å²) in [5.74, 6) is 1.26. The highest BCUT2D eigenvalue weighted by molar-refractivity contribution is 8.03. The third-order valence-corrected chi connectivity index (χ3v) is 8.12. The number of allylic oxidation sites excluding steroid dienone is 2. The van der Waals surface area contributed by atoms with E-state index in [1.807, 2.05) is 36.4 Å². The quantitative estimate of drug-likeness (QED) is 0.240. The number of nitrogens with one attached hydrogen (secondary N) is 3. The largest absolute Gasteiger partial charge is 0.491 e. The normalized spacial score (nSPS) is 19.5. The van der Waals surface area contributed by atoms with Gasteiger partial charge in [-0.15, -0.1) is 23.5 Å². The van der Waals surface area contributed by atoms with Crippen LogP contribution >= 0.6 is 46.7 Å². The third-order valence-electron chi connectivity index (χ3n) is 5.30. The van der Waals surface area contributed by atoms with E-state index in [2.05, 4.69) is 22.1 Å². The lowest BCUT2D eigenvalue weighted by molar-refractivity contribution is 0.201. The monoisotopic (exact) mass is 544 g/mol. The molecule has 10 heteroatoms. The molecule has 2 aromatic carbocycles. The second kappa shape index (κ2) is 11.9. The second-order valence-electron chi connectivity index (χ2n) is 7.56. The fraction of sp³-hybridized carbons (Fsp3) is 0.200. The van der Waals surface area contributed by atoms with Crippen LogP contribution in [0.2, 0.25) is 5.02 Å². The SMILES string of the molecule is N#CC1=C(c2ccc(OCCO)cc2)C(C=N)=C(Cl)NC1SCC1=CSC(c2ccc(Cl)cc2)N1. The van der Waals surface area contributed by atoms with Crippen molar-refractivity contribution in [3.05, 3.63) is 92.1 Å². The molecule has 0 saturated carbocycles. The van der Waals surface area contributed by atoms with Crippen molar-refractivity contribution in [3.8, 4) is 11.8 Å². The summed E-state index contributed by atoms with van der Waals surface area (Å²) in [6, 6.07) is 17.3. The molecule has 2 aliphatic rings. The molecule has 4 rings (SSSR count). The van der Waals surface area contributed by atoms with E-state index in [1.54, 1.807) is 35.7 Å². The number of nitrogens with zero attached hydrogens (tertiary/aromatic N) is 1. The molecule has 0 saturated heterocycles. The van der Waals surface area contributed by atoms with Gasteiger partial charge in [-0.1, -0.05) is 47.5 Å². The van der Waals surface area contributed by atoms with Gasteiger partial charge >= 0.3 is 0 Å². The summed E-state index contributed by atoms with van der Waals surface area (Å²) >= 11 is 15.8. The van der Waals surface area contributed by atoms with Crippen molar-refractivity contribution in [3.63, 3.8) is 0 Å². The summed E-state index contributed by atoms with van der Waals surface area (Å²) in [6.07, 6.45) is 1.16. The highest BCUT2D eigenvalue weighted by atomic mass is 35.5. The maximum absolute atomic E-state index is 10.1. The van der Waals surface area contributed by atoms with Gasteiger partial charge in [-0.3, -0.25) is 0 Å². The number of thioether (sulfide) groups is 2. The molecule has 0 spiro atoms. The van der Waals surface area contributed by atoms with Gasteiger partial charge in [-0.25, -0.2) is 0 Å². The van der Waals surface area contributed by atoms with E-state index in [1.165, 1.54) is 0 Å². The molecule has 2 heterocycles. The van der Waals surface area contributed by atoms with Crippen molar-refractivity contribution in [1.29, 1.82) is 10.7 Å². The summed E-state index contributed by atoms with van der Waals surface area (Å²) in [4.78, 5) is 0. The lowest BCUT2D eigenvalue weighted by Crippen LogP contribution is -2.32. The fourth-order valence-corrected chi connectivity index (χ4v) is 6.24. The molecule has 6 nitrogen and oxygen atoms in total. The van der Waals surface area contributed by atoms with Crippen LogP contribution in [0.5, 0.6) is 5.75 Å². The Labute approximate surface area is 222 Å². The molecule has 0 aliphatic carbocycles. The third kappa shape index (κ3) is 6.00. The smallest absolute Gasteiger partial charge is 0.119 e. The average Bonchev–Trinajstić information content (AvgIpc) is 3.35. The zero-order valence-electron chi connectivity index (χ0n) is 18.4. The number of halogens is 2. The van der Waals surface area contributed by atoms with Crippen LogP contribution in [0.15, 0.2) is 75.9 Å². The number of aliphatic hydroxyl groups excluding tert-OH is 1. The number of hydrogen-bond acceptors (Lipinski definition) is 8. The number of aliphatic hydroxyl groups is 1. The highest BCUT2D eigenvalue weighted by Gasteiger charge is 2.30. The molecule has 2 aromatic rings. The maximum Gasteiger partial charge on any atom is 0.119 e. The van der Waals surface area contributed by atoms with E-state index in [4.69, 9.17) is 38.5 Å². The Hall–Kier alpha value is -2.54. The van der Waals surface area contributed by atoms with Crippen LogP contribution in [0.4, 0.5) is 0 Å². The van der Waals surface area contributed by atoms with Crippen molar-refractivity contribution in [1.82, 2.24) is 10.6 Å². The molecule has 0 aromatic heterocycles. The Morgan fingerprint density at radius 1 is 1.14 bits per heavy atom. The fourth-order valence-electron chi connectivity index (χ4n) is 3.65. The molecule has 0 radical (unpaired) electrons. The van der Waals surface area contributed by atoms with Crippen LogP contribution in [0.1, 0.15) is 16.5 Å². The van der Waals surface area contributed by atoms with Gasteiger partial charge in [0.25, 0.3) is 0 Å². The van der Waals surface area contributed by atoms with E-state index in [0.717, 1.165) is 23.0 Å². The van der Waals surface area contributed by atoms with Crippen LogP contribution in [-0.2, 0) is 0 Å².